The molecule has 6 heteroatoms. The molecule has 0 amide bonds. The number of nitrogens with one attached hydrogen (secondary N) is 1. The maximum atomic E-state index is 5.85. The monoisotopic (exact) mass is 433 g/mol. The Labute approximate surface area is 187 Å². The summed E-state index contributed by atoms with van der Waals surface area (Å²) in [5.74, 6) is 2.14. The lowest BCUT2D eigenvalue weighted by atomic mass is 9.94. The van der Waals surface area contributed by atoms with Crippen LogP contribution in [0.2, 0.25) is 0 Å². The highest BCUT2D eigenvalue weighted by molar-refractivity contribution is 7.18. The summed E-state index contributed by atoms with van der Waals surface area (Å²) >= 11 is 1.74. The number of hydrogen-bond acceptors (Lipinski definition) is 6. The van der Waals surface area contributed by atoms with Crippen molar-refractivity contribution >= 4 is 22.2 Å². The fraction of sp³-hybridized carbons (Fsp3) is 0.320. The Bertz CT molecular complexity index is 1040. The topological polar surface area (TPSA) is 46.6 Å². The third-order valence-electron chi connectivity index (χ3n) is 5.86. The summed E-state index contributed by atoms with van der Waals surface area (Å²) in [4.78, 5) is 8.27. The van der Waals surface area contributed by atoms with E-state index in [9.17, 15) is 0 Å². The number of anilines is 2. The third kappa shape index (κ3) is 4.54. The Morgan fingerprint density at radius 1 is 1.03 bits per heavy atom. The van der Waals surface area contributed by atoms with Crippen molar-refractivity contribution in [2.75, 3.05) is 36.5 Å². The van der Waals surface area contributed by atoms with Crippen molar-refractivity contribution in [1.82, 2.24) is 4.98 Å². The van der Waals surface area contributed by atoms with Crippen molar-refractivity contribution < 1.29 is 9.47 Å². The van der Waals surface area contributed by atoms with Crippen LogP contribution in [0.25, 0.3) is 10.4 Å². The number of rotatable bonds is 5. The first-order valence-corrected chi connectivity index (χ1v) is 11.7. The Hall–Kier alpha value is -2.99. The molecule has 1 saturated heterocycles. The van der Waals surface area contributed by atoms with Crippen LogP contribution in [0.15, 0.2) is 67.0 Å². The molecule has 5 rings (SSSR count). The minimum Gasteiger partial charge on any atom is -0.490 e. The Morgan fingerprint density at radius 2 is 1.81 bits per heavy atom. The zero-order chi connectivity index (χ0) is 21.0. The number of thiazole rings is 1. The molecule has 2 aromatic carbocycles. The van der Waals surface area contributed by atoms with Crippen LogP contribution in [-0.2, 0) is 0 Å². The first kappa shape index (κ1) is 19.9. The van der Waals surface area contributed by atoms with E-state index in [4.69, 9.17) is 14.5 Å². The van der Waals surface area contributed by atoms with Crippen molar-refractivity contribution in [2.24, 2.45) is 5.92 Å². The van der Waals surface area contributed by atoms with Crippen molar-refractivity contribution in [1.29, 1.82) is 0 Å². The van der Waals surface area contributed by atoms with Crippen molar-refractivity contribution in [3.8, 4) is 21.9 Å². The number of nitrogens with zero attached hydrogens (tertiary/aromatic N) is 2. The molecule has 1 N–H and O–H groups in total. The highest BCUT2D eigenvalue weighted by Crippen LogP contribution is 2.38. The molecule has 2 aliphatic heterocycles. The van der Waals surface area contributed by atoms with E-state index in [1.165, 1.54) is 0 Å². The van der Waals surface area contributed by atoms with Gasteiger partial charge in [-0.15, -0.1) is 0 Å². The fourth-order valence-electron chi connectivity index (χ4n) is 4.09. The summed E-state index contributed by atoms with van der Waals surface area (Å²) in [5.41, 5.74) is 3.34. The maximum Gasteiger partial charge on any atom is 0.185 e. The van der Waals surface area contributed by atoms with Crippen molar-refractivity contribution in [2.45, 2.75) is 19.3 Å². The molecule has 1 aromatic heterocycles. The van der Waals surface area contributed by atoms with E-state index in [0.717, 1.165) is 70.8 Å². The van der Waals surface area contributed by atoms with Crippen LogP contribution >= 0.6 is 11.3 Å². The van der Waals surface area contributed by atoms with Crippen molar-refractivity contribution in [3.63, 3.8) is 0 Å². The van der Waals surface area contributed by atoms with E-state index in [1.54, 1.807) is 11.3 Å². The first-order chi connectivity index (χ1) is 15.3. The molecule has 5 nitrogen and oxygen atoms in total. The van der Waals surface area contributed by atoms with E-state index in [-0.39, 0.29) is 0 Å². The summed E-state index contributed by atoms with van der Waals surface area (Å²) in [6.07, 6.45) is 5.05. The van der Waals surface area contributed by atoms with E-state index in [2.05, 4.69) is 41.1 Å². The number of piperidine rings is 1. The molecule has 160 valence electrons. The van der Waals surface area contributed by atoms with E-state index < -0.39 is 0 Å². The van der Waals surface area contributed by atoms with Crippen LogP contribution in [0, 0.1) is 5.92 Å². The van der Waals surface area contributed by atoms with Gasteiger partial charge in [0, 0.05) is 43.0 Å². The molecule has 0 radical (unpaired) electrons. The molecule has 0 bridgehead atoms. The zero-order valence-corrected chi connectivity index (χ0v) is 18.4. The summed E-state index contributed by atoms with van der Waals surface area (Å²) in [6.45, 7) is 7.69. The SMILES string of the molecule is C=C(Nc1ccccc1)C1CCN(c2ncc(-c3ccc4c(c3)OCCCO4)s2)CC1. The van der Waals surface area contributed by atoms with Crippen LogP contribution in [0.3, 0.4) is 0 Å². The number of fused-ring (bicyclic) bond motifs is 1. The van der Waals surface area contributed by atoms with Gasteiger partial charge in [0.1, 0.15) is 0 Å². The van der Waals surface area contributed by atoms with Crippen LogP contribution in [0.1, 0.15) is 19.3 Å². The predicted octanol–water partition coefficient (Wildman–Crippen LogP) is 5.81. The van der Waals surface area contributed by atoms with Gasteiger partial charge in [-0.2, -0.15) is 0 Å². The molecular formula is C25H27N3O2S. The second-order valence-electron chi connectivity index (χ2n) is 8.00. The fourth-order valence-corrected chi connectivity index (χ4v) is 5.05. The van der Waals surface area contributed by atoms with Crippen LogP contribution in [-0.4, -0.2) is 31.3 Å². The van der Waals surface area contributed by atoms with Gasteiger partial charge in [0.05, 0.1) is 18.1 Å². The Kier molecular flexibility index (Phi) is 5.80. The van der Waals surface area contributed by atoms with Crippen molar-refractivity contribution in [3.05, 3.63) is 67.0 Å². The second-order valence-corrected chi connectivity index (χ2v) is 9.01. The lowest BCUT2D eigenvalue weighted by Crippen LogP contribution is -2.34. The van der Waals surface area contributed by atoms with E-state index >= 15 is 0 Å². The third-order valence-corrected chi connectivity index (χ3v) is 6.97. The van der Waals surface area contributed by atoms with Gasteiger partial charge in [-0.1, -0.05) is 36.1 Å². The summed E-state index contributed by atoms with van der Waals surface area (Å²) < 4.78 is 11.6. The number of allylic oxidation sites excluding steroid dienone is 1. The number of hydrogen-bond donors (Lipinski definition) is 1. The normalized spacial score (nSPS) is 16.6. The molecule has 31 heavy (non-hydrogen) atoms. The predicted molar refractivity (Wildman–Crippen MR) is 127 cm³/mol. The standard InChI is InChI=1S/C25H27N3O2S/c1-18(27-21-6-3-2-4-7-21)19-10-12-28(13-11-19)25-26-17-24(31-25)20-8-9-22-23(16-20)30-15-5-14-29-22/h2-4,6-9,16-17,19,27H,1,5,10-15H2. The Balaban J connectivity index is 1.21. The molecule has 0 saturated carbocycles. The quantitative estimate of drug-likeness (QED) is 0.550. The minimum atomic E-state index is 0.484. The van der Waals surface area contributed by atoms with Gasteiger partial charge in [0.15, 0.2) is 16.6 Å². The van der Waals surface area contributed by atoms with E-state index in [1.807, 2.05) is 30.5 Å². The average Bonchev–Trinajstić information content (AvgIpc) is 3.19. The van der Waals surface area contributed by atoms with Gasteiger partial charge >= 0.3 is 0 Å². The van der Waals surface area contributed by atoms with Gasteiger partial charge in [-0.25, -0.2) is 4.98 Å². The second kappa shape index (κ2) is 9.02. The molecule has 0 unspecified atom stereocenters. The lowest BCUT2D eigenvalue weighted by Gasteiger charge is -2.33. The van der Waals surface area contributed by atoms with Gasteiger partial charge < -0.3 is 19.7 Å². The smallest absolute Gasteiger partial charge is 0.185 e. The first-order valence-electron chi connectivity index (χ1n) is 10.9. The molecule has 0 aliphatic carbocycles. The highest BCUT2D eigenvalue weighted by atomic mass is 32.1. The number of ether oxygens (including phenoxy) is 2. The van der Waals surface area contributed by atoms with Gasteiger partial charge in [0.25, 0.3) is 0 Å². The Morgan fingerprint density at radius 3 is 2.61 bits per heavy atom. The largest absolute Gasteiger partial charge is 0.490 e. The lowest BCUT2D eigenvalue weighted by molar-refractivity contribution is 0.297. The number of aromatic nitrogens is 1. The maximum absolute atomic E-state index is 5.85. The summed E-state index contributed by atoms with van der Waals surface area (Å²) in [7, 11) is 0. The zero-order valence-electron chi connectivity index (χ0n) is 17.5. The minimum absolute atomic E-state index is 0.484. The van der Waals surface area contributed by atoms with Gasteiger partial charge in [0.2, 0.25) is 0 Å². The summed E-state index contributed by atoms with van der Waals surface area (Å²) in [5, 5.41) is 4.56. The number of para-hydroxylation sites is 1. The van der Waals surface area contributed by atoms with E-state index in [0.29, 0.717) is 19.1 Å². The van der Waals surface area contributed by atoms with Gasteiger partial charge in [-0.3, -0.25) is 0 Å². The van der Waals surface area contributed by atoms with Gasteiger partial charge in [-0.05, 0) is 48.7 Å². The van der Waals surface area contributed by atoms with Crippen LogP contribution < -0.4 is 19.7 Å². The highest BCUT2D eigenvalue weighted by Gasteiger charge is 2.23. The number of benzene rings is 2. The molecule has 0 spiro atoms. The molecule has 2 aliphatic rings. The van der Waals surface area contributed by atoms with Crippen LogP contribution in [0.4, 0.5) is 10.8 Å². The van der Waals surface area contributed by atoms with Crippen LogP contribution in [0.5, 0.6) is 11.5 Å². The molecule has 3 heterocycles. The average molecular weight is 434 g/mol. The molecule has 0 atom stereocenters. The molecule has 3 aromatic rings. The summed E-state index contributed by atoms with van der Waals surface area (Å²) in [6, 6.07) is 16.4. The molecule has 1 fully saturated rings. The molecular weight excluding hydrogens is 406 g/mol.